The van der Waals surface area contributed by atoms with Crippen LogP contribution in [0, 0.1) is 0 Å². The Kier molecular flexibility index (Phi) is 3.30. The van der Waals surface area contributed by atoms with Crippen molar-refractivity contribution in [3.8, 4) is 0 Å². The highest BCUT2D eigenvalue weighted by Gasteiger charge is 2.47. The summed E-state index contributed by atoms with van der Waals surface area (Å²) < 4.78 is 27.6. The zero-order chi connectivity index (χ0) is 12.6. The summed E-state index contributed by atoms with van der Waals surface area (Å²) in [6.45, 7) is 3.81. The molecule has 1 atom stereocenters. The van der Waals surface area contributed by atoms with Crippen molar-refractivity contribution in [2.24, 2.45) is 5.73 Å². The number of nitrogens with zero attached hydrogens (tertiary/aromatic N) is 1. The molecule has 1 rings (SSSR count). The number of alkyl halides is 2. The van der Waals surface area contributed by atoms with Gasteiger partial charge < -0.3 is 10.8 Å². The molecule has 0 saturated heterocycles. The van der Waals surface area contributed by atoms with Gasteiger partial charge in [0, 0.05) is 24.0 Å². The number of aromatic nitrogens is 1. The Labute approximate surface area is 93.3 Å². The lowest BCUT2D eigenvalue weighted by molar-refractivity contribution is -0.168. The number of rotatable bonds is 3. The maximum absolute atomic E-state index is 13.8. The lowest BCUT2D eigenvalue weighted by Gasteiger charge is -2.29. The fraction of sp³-hybridized carbons (Fsp3) is 0.545. The zero-order valence-electron chi connectivity index (χ0n) is 9.54. The normalized spacial score (nSPS) is 14.9. The summed E-state index contributed by atoms with van der Waals surface area (Å²) in [6, 6.07) is 0.903. The summed E-state index contributed by atoms with van der Waals surface area (Å²) >= 11 is 0. The first-order chi connectivity index (χ1) is 7.16. The first kappa shape index (κ1) is 13.0. The third-order valence-corrected chi connectivity index (χ3v) is 2.42. The number of aliphatic hydroxyl groups is 1. The first-order valence-corrected chi connectivity index (χ1v) is 4.97. The maximum atomic E-state index is 13.8. The summed E-state index contributed by atoms with van der Waals surface area (Å²) in [4.78, 5) is 3.71. The summed E-state index contributed by atoms with van der Waals surface area (Å²) in [5.74, 6) is -3.36. The van der Waals surface area contributed by atoms with E-state index in [1.807, 2.05) is 0 Å². The number of hydrogen-bond donors (Lipinski definition) is 2. The summed E-state index contributed by atoms with van der Waals surface area (Å²) in [7, 11) is 0. The van der Waals surface area contributed by atoms with Crippen LogP contribution in [0.15, 0.2) is 18.5 Å². The average Bonchev–Trinajstić information content (AvgIpc) is 2.16. The van der Waals surface area contributed by atoms with Gasteiger partial charge in [0.1, 0.15) is 5.60 Å². The zero-order valence-corrected chi connectivity index (χ0v) is 9.54. The quantitative estimate of drug-likeness (QED) is 0.834. The molecule has 0 aliphatic carbocycles. The monoisotopic (exact) mass is 230 g/mol. The van der Waals surface area contributed by atoms with E-state index in [0.29, 0.717) is 5.56 Å². The topological polar surface area (TPSA) is 59.1 Å². The number of halogens is 2. The van der Waals surface area contributed by atoms with Crippen molar-refractivity contribution in [3.63, 3.8) is 0 Å². The van der Waals surface area contributed by atoms with Gasteiger partial charge in [0.2, 0.25) is 0 Å². The van der Waals surface area contributed by atoms with E-state index in [1.165, 1.54) is 12.3 Å². The summed E-state index contributed by atoms with van der Waals surface area (Å²) in [5.41, 5.74) is 3.64. The Morgan fingerprint density at radius 1 is 1.38 bits per heavy atom. The van der Waals surface area contributed by atoms with Crippen molar-refractivity contribution in [1.29, 1.82) is 0 Å². The molecule has 90 valence electrons. The number of nitrogens with two attached hydrogens (primary N) is 1. The second kappa shape index (κ2) is 4.07. The first-order valence-electron chi connectivity index (χ1n) is 4.97. The van der Waals surface area contributed by atoms with Crippen LogP contribution in [0.4, 0.5) is 8.78 Å². The largest absolute Gasteiger partial charge is 0.384 e. The molecule has 3 N–H and O–H groups in total. The Morgan fingerprint density at radius 3 is 2.38 bits per heavy atom. The maximum Gasteiger partial charge on any atom is 0.302 e. The molecule has 1 aromatic rings. The van der Waals surface area contributed by atoms with Crippen molar-refractivity contribution in [2.75, 3.05) is 0 Å². The van der Waals surface area contributed by atoms with Gasteiger partial charge in [0.05, 0.1) is 0 Å². The van der Waals surface area contributed by atoms with E-state index in [-0.39, 0.29) is 11.6 Å². The minimum absolute atomic E-state index is 0.324. The molecule has 0 amide bonds. The molecule has 0 aromatic carbocycles. The van der Waals surface area contributed by atoms with Crippen LogP contribution in [0.25, 0.3) is 0 Å². The van der Waals surface area contributed by atoms with E-state index in [2.05, 4.69) is 4.98 Å². The lowest BCUT2D eigenvalue weighted by atomic mass is 9.93. The summed E-state index contributed by atoms with van der Waals surface area (Å²) in [5, 5.41) is 9.42. The molecule has 3 nitrogen and oxygen atoms in total. The molecule has 1 aromatic heterocycles. The van der Waals surface area contributed by atoms with Gasteiger partial charge in [0.15, 0.2) is 0 Å². The van der Waals surface area contributed by atoms with Crippen LogP contribution in [0.1, 0.15) is 37.9 Å². The van der Waals surface area contributed by atoms with E-state index < -0.39 is 11.5 Å². The SMILES string of the molecule is CC(N)c1cncc(C(F)(F)C(C)(C)O)c1. The van der Waals surface area contributed by atoms with Crippen LogP contribution in [-0.2, 0) is 5.92 Å². The molecule has 0 fully saturated rings. The fourth-order valence-corrected chi connectivity index (χ4v) is 1.23. The van der Waals surface area contributed by atoms with Gasteiger partial charge in [-0.2, -0.15) is 8.78 Å². The van der Waals surface area contributed by atoms with Crippen molar-refractivity contribution in [2.45, 2.75) is 38.3 Å². The highest BCUT2D eigenvalue weighted by molar-refractivity contribution is 5.26. The van der Waals surface area contributed by atoms with Gasteiger partial charge in [-0.15, -0.1) is 0 Å². The van der Waals surface area contributed by atoms with Crippen LogP contribution in [0.3, 0.4) is 0 Å². The third-order valence-electron chi connectivity index (χ3n) is 2.42. The van der Waals surface area contributed by atoms with E-state index >= 15 is 0 Å². The standard InChI is InChI=1S/C11H16F2N2O/c1-7(14)8-4-9(6-15-5-8)11(12,13)10(2,3)16/h4-7,16H,14H2,1-3H3. The van der Waals surface area contributed by atoms with Crippen LogP contribution in [0.2, 0.25) is 0 Å². The molecular weight excluding hydrogens is 214 g/mol. The van der Waals surface area contributed by atoms with Gasteiger partial charge in [-0.05, 0) is 32.4 Å². The van der Waals surface area contributed by atoms with E-state index in [4.69, 9.17) is 5.73 Å². The Morgan fingerprint density at radius 2 is 1.94 bits per heavy atom. The molecule has 0 aliphatic rings. The van der Waals surface area contributed by atoms with Crippen molar-refractivity contribution in [3.05, 3.63) is 29.6 Å². The molecule has 0 saturated carbocycles. The molecule has 0 aliphatic heterocycles. The molecule has 16 heavy (non-hydrogen) atoms. The van der Waals surface area contributed by atoms with Gasteiger partial charge in [0.25, 0.3) is 0 Å². The smallest absolute Gasteiger partial charge is 0.302 e. The molecule has 5 heteroatoms. The minimum Gasteiger partial charge on any atom is -0.384 e. The van der Waals surface area contributed by atoms with Crippen LogP contribution < -0.4 is 5.73 Å². The second-order valence-corrected chi connectivity index (χ2v) is 4.43. The van der Waals surface area contributed by atoms with Gasteiger partial charge >= 0.3 is 5.92 Å². The molecule has 1 unspecified atom stereocenters. The molecule has 0 bridgehead atoms. The Balaban J connectivity index is 3.19. The predicted molar refractivity (Wildman–Crippen MR) is 57.0 cm³/mol. The van der Waals surface area contributed by atoms with Crippen LogP contribution in [0.5, 0.6) is 0 Å². The average molecular weight is 230 g/mol. The number of pyridine rings is 1. The van der Waals surface area contributed by atoms with Gasteiger partial charge in [-0.3, -0.25) is 4.98 Å². The lowest BCUT2D eigenvalue weighted by Crippen LogP contribution is -2.40. The van der Waals surface area contributed by atoms with Gasteiger partial charge in [-0.25, -0.2) is 0 Å². The van der Waals surface area contributed by atoms with Crippen molar-refractivity contribution < 1.29 is 13.9 Å². The number of hydrogen-bond acceptors (Lipinski definition) is 3. The van der Waals surface area contributed by atoms with E-state index in [9.17, 15) is 13.9 Å². The van der Waals surface area contributed by atoms with Crippen LogP contribution >= 0.6 is 0 Å². The minimum atomic E-state index is -3.36. The van der Waals surface area contributed by atoms with Crippen molar-refractivity contribution in [1.82, 2.24) is 4.98 Å². The highest BCUT2D eigenvalue weighted by Crippen LogP contribution is 2.38. The van der Waals surface area contributed by atoms with Crippen LogP contribution in [-0.4, -0.2) is 15.7 Å². The Bertz CT molecular complexity index is 372. The fourth-order valence-electron chi connectivity index (χ4n) is 1.23. The molecule has 0 radical (unpaired) electrons. The van der Waals surface area contributed by atoms with E-state index in [0.717, 1.165) is 20.0 Å². The highest BCUT2D eigenvalue weighted by atomic mass is 19.3. The molecule has 0 spiro atoms. The van der Waals surface area contributed by atoms with Gasteiger partial charge in [-0.1, -0.05) is 0 Å². The third kappa shape index (κ3) is 2.36. The molecule has 1 heterocycles. The summed E-state index contributed by atoms with van der Waals surface area (Å²) in [6.07, 6.45) is 2.48. The Hall–Kier alpha value is -1.07. The van der Waals surface area contributed by atoms with Crippen molar-refractivity contribution >= 4 is 0 Å². The van der Waals surface area contributed by atoms with E-state index in [1.54, 1.807) is 6.92 Å². The predicted octanol–water partition coefficient (Wildman–Crippen LogP) is 1.96. The second-order valence-electron chi connectivity index (χ2n) is 4.43. The molecular formula is C11H16F2N2O.